The van der Waals surface area contributed by atoms with Gasteiger partial charge in [-0.25, -0.2) is 0 Å². The predicted molar refractivity (Wildman–Crippen MR) is 107 cm³/mol. The SMILES string of the molecule is CC(N)C1CCCCN1C(=O)c1cccc(OCc2ccccc2)c1.Cl. The number of amides is 1. The third kappa shape index (κ3) is 4.99. The van der Waals surface area contributed by atoms with E-state index in [-0.39, 0.29) is 30.4 Å². The summed E-state index contributed by atoms with van der Waals surface area (Å²) in [6.45, 7) is 3.25. The molecule has 0 bridgehead atoms. The second-order valence-electron chi connectivity index (χ2n) is 6.72. The first kappa shape index (κ1) is 20.3. The van der Waals surface area contributed by atoms with E-state index in [0.717, 1.165) is 31.4 Å². The van der Waals surface area contributed by atoms with Crippen LogP contribution in [0.2, 0.25) is 0 Å². The molecule has 1 aliphatic rings. The molecule has 26 heavy (non-hydrogen) atoms. The standard InChI is InChI=1S/C21H26N2O2.ClH/c1-16(22)20-12-5-6-13-23(20)21(24)18-10-7-11-19(14-18)25-15-17-8-3-2-4-9-17;/h2-4,7-11,14,16,20H,5-6,12-13,15,22H2,1H3;1H. The Hall–Kier alpha value is -2.04. The van der Waals surface area contributed by atoms with Crippen molar-refractivity contribution in [2.45, 2.75) is 44.9 Å². The predicted octanol–water partition coefficient (Wildman–Crippen LogP) is 4.03. The number of ether oxygens (including phenoxy) is 1. The third-order valence-electron chi connectivity index (χ3n) is 4.75. The van der Waals surface area contributed by atoms with Gasteiger partial charge in [0.2, 0.25) is 0 Å². The number of benzene rings is 2. The Labute approximate surface area is 161 Å². The van der Waals surface area contributed by atoms with Gasteiger partial charge in [-0.2, -0.15) is 0 Å². The van der Waals surface area contributed by atoms with Crippen LogP contribution in [0, 0.1) is 0 Å². The molecule has 4 nitrogen and oxygen atoms in total. The van der Waals surface area contributed by atoms with Crippen LogP contribution in [0.25, 0.3) is 0 Å². The van der Waals surface area contributed by atoms with Crippen molar-refractivity contribution in [3.05, 3.63) is 65.7 Å². The number of halogens is 1. The summed E-state index contributed by atoms with van der Waals surface area (Å²) in [5, 5.41) is 0. The van der Waals surface area contributed by atoms with E-state index in [1.165, 1.54) is 0 Å². The van der Waals surface area contributed by atoms with E-state index in [1.807, 2.05) is 66.4 Å². The second kappa shape index (κ2) is 9.60. The number of hydrogen-bond acceptors (Lipinski definition) is 3. The van der Waals surface area contributed by atoms with Gasteiger partial charge in [0.05, 0.1) is 0 Å². The highest BCUT2D eigenvalue weighted by atomic mass is 35.5. The van der Waals surface area contributed by atoms with Crippen molar-refractivity contribution in [2.24, 2.45) is 5.73 Å². The molecule has 5 heteroatoms. The van der Waals surface area contributed by atoms with Gasteiger partial charge in [0.1, 0.15) is 12.4 Å². The molecule has 0 saturated carbocycles. The minimum Gasteiger partial charge on any atom is -0.489 e. The Kier molecular flexibility index (Phi) is 7.49. The van der Waals surface area contributed by atoms with Crippen LogP contribution in [0.3, 0.4) is 0 Å². The second-order valence-corrected chi connectivity index (χ2v) is 6.72. The van der Waals surface area contributed by atoms with E-state index < -0.39 is 0 Å². The van der Waals surface area contributed by atoms with Gasteiger partial charge in [-0.15, -0.1) is 12.4 Å². The van der Waals surface area contributed by atoms with Gasteiger partial charge in [0.25, 0.3) is 5.91 Å². The van der Waals surface area contributed by atoms with Gasteiger partial charge in [-0.1, -0.05) is 36.4 Å². The highest BCUT2D eigenvalue weighted by molar-refractivity contribution is 5.95. The summed E-state index contributed by atoms with van der Waals surface area (Å²) in [6.07, 6.45) is 3.16. The molecule has 2 atom stereocenters. The Morgan fingerprint density at radius 2 is 1.96 bits per heavy atom. The first-order valence-electron chi connectivity index (χ1n) is 8.98. The van der Waals surface area contributed by atoms with E-state index in [0.29, 0.717) is 17.9 Å². The zero-order valence-corrected chi connectivity index (χ0v) is 16.0. The fraction of sp³-hybridized carbons (Fsp3) is 0.381. The molecule has 1 amide bonds. The fourth-order valence-electron chi connectivity index (χ4n) is 3.38. The lowest BCUT2D eigenvalue weighted by atomic mass is 9.96. The van der Waals surface area contributed by atoms with Gasteiger partial charge in [0, 0.05) is 24.2 Å². The lowest BCUT2D eigenvalue weighted by Crippen LogP contribution is -2.51. The smallest absolute Gasteiger partial charge is 0.254 e. The summed E-state index contributed by atoms with van der Waals surface area (Å²) < 4.78 is 5.85. The third-order valence-corrected chi connectivity index (χ3v) is 4.75. The summed E-state index contributed by atoms with van der Waals surface area (Å²) in [6, 6.07) is 17.6. The molecule has 1 saturated heterocycles. The maximum Gasteiger partial charge on any atom is 0.254 e. The maximum atomic E-state index is 13.0. The normalized spacial score (nSPS) is 17.9. The van der Waals surface area contributed by atoms with Crippen LogP contribution >= 0.6 is 12.4 Å². The van der Waals surface area contributed by atoms with Gasteiger partial charge in [-0.3, -0.25) is 4.79 Å². The summed E-state index contributed by atoms with van der Waals surface area (Å²) in [4.78, 5) is 14.9. The van der Waals surface area contributed by atoms with E-state index in [1.54, 1.807) is 0 Å². The van der Waals surface area contributed by atoms with E-state index in [9.17, 15) is 4.79 Å². The Bertz CT molecular complexity index is 706. The molecule has 0 aromatic heterocycles. The van der Waals surface area contributed by atoms with E-state index >= 15 is 0 Å². The molecule has 2 unspecified atom stereocenters. The number of carbonyl (C=O) groups excluding carboxylic acids is 1. The summed E-state index contributed by atoms with van der Waals surface area (Å²) in [7, 11) is 0. The van der Waals surface area contributed by atoms with Crippen LogP contribution in [-0.2, 0) is 6.61 Å². The largest absolute Gasteiger partial charge is 0.489 e. The van der Waals surface area contributed by atoms with Crippen molar-refractivity contribution in [3.8, 4) is 5.75 Å². The average Bonchev–Trinajstić information content (AvgIpc) is 2.67. The quantitative estimate of drug-likeness (QED) is 0.859. The first-order valence-corrected chi connectivity index (χ1v) is 8.98. The molecule has 1 fully saturated rings. The van der Waals surface area contributed by atoms with Crippen LogP contribution in [0.15, 0.2) is 54.6 Å². The number of nitrogens with two attached hydrogens (primary N) is 1. The maximum absolute atomic E-state index is 13.0. The molecule has 1 aliphatic heterocycles. The Morgan fingerprint density at radius 1 is 1.19 bits per heavy atom. The van der Waals surface area contributed by atoms with E-state index in [2.05, 4.69) is 0 Å². The van der Waals surface area contributed by atoms with Gasteiger partial charge >= 0.3 is 0 Å². The van der Waals surface area contributed by atoms with Crippen molar-refractivity contribution >= 4 is 18.3 Å². The van der Waals surface area contributed by atoms with Crippen molar-refractivity contribution in [1.82, 2.24) is 4.90 Å². The van der Waals surface area contributed by atoms with Crippen LogP contribution in [-0.4, -0.2) is 29.4 Å². The highest BCUT2D eigenvalue weighted by Gasteiger charge is 2.29. The minimum atomic E-state index is -0.0123. The number of rotatable bonds is 5. The topological polar surface area (TPSA) is 55.6 Å². The van der Waals surface area contributed by atoms with Crippen LogP contribution in [0.1, 0.15) is 42.1 Å². The molecular weight excluding hydrogens is 348 g/mol. The van der Waals surface area contributed by atoms with E-state index in [4.69, 9.17) is 10.5 Å². The lowest BCUT2D eigenvalue weighted by Gasteiger charge is -2.38. The van der Waals surface area contributed by atoms with Crippen molar-refractivity contribution in [2.75, 3.05) is 6.54 Å². The Balaban J connectivity index is 0.00000243. The first-order chi connectivity index (χ1) is 12.1. The van der Waals surface area contributed by atoms with Crippen molar-refractivity contribution in [1.29, 1.82) is 0 Å². The monoisotopic (exact) mass is 374 g/mol. The lowest BCUT2D eigenvalue weighted by molar-refractivity contribution is 0.0583. The summed E-state index contributed by atoms with van der Waals surface area (Å²) in [5.41, 5.74) is 7.87. The highest BCUT2D eigenvalue weighted by Crippen LogP contribution is 2.23. The molecule has 2 aromatic rings. The van der Waals surface area contributed by atoms with Crippen LogP contribution < -0.4 is 10.5 Å². The van der Waals surface area contributed by atoms with Crippen molar-refractivity contribution in [3.63, 3.8) is 0 Å². The average molecular weight is 375 g/mol. The van der Waals surface area contributed by atoms with Crippen LogP contribution in [0.4, 0.5) is 0 Å². The molecule has 2 aromatic carbocycles. The van der Waals surface area contributed by atoms with Crippen molar-refractivity contribution < 1.29 is 9.53 Å². The Morgan fingerprint density at radius 3 is 2.69 bits per heavy atom. The molecule has 0 aliphatic carbocycles. The molecule has 0 spiro atoms. The number of nitrogens with zero attached hydrogens (tertiary/aromatic N) is 1. The summed E-state index contributed by atoms with van der Waals surface area (Å²) >= 11 is 0. The molecule has 3 rings (SSSR count). The zero-order chi connectivity index (χ0) is 17.6. The molecule has 1 heterocycles. The van der Waals surface area contributed by atoms with Gasteiger partial charge in [-0.05, 0) is 49.9 Å². The number of likely N-dealkylation sites (tertiary alicyclic amines) is 1. The summed E-state index contributed by atoms with van der Waals surface area (Å²) in [5.74, 6) is 0.760. The molecular formula is C21H27ClN2O2. The number of hydrogen-bond donors (Lipinski definition) is 1. The fourth-order valence-corrected chi connectivity index (χ4v) is 3.38. The number of piperidine rings is 1. The zero-order valence-electron chi connectivity index (χ0n) is 15.1. The molecule has 2 N–H and O–H groups in total. The van der Waals surface area contributed by atoms with Gasteiger partial charge < -0.3 is 15.4 Å². The number of carbonyl (C=O) groups is 1. The minimum absolute atomic E-state index is 0. The van der Waals surface area contributed by atoms with Gasteiger partial charge in [0.15, 0.2) is 0 Å². The van der Waals surface area contributed by atoms with Crippen LogP contribution in [0.5, 0.6) is 5.75 Å². The molecule has 140 valence electrons. The molecule has 0 radical (unpaired) electrons.